The average molecular weight is 426 g/mol. The lowest BCUT2D eigenvalue weighted by Crippen LogP contribution is -2.13. The third-order valence-corrected chi connectivity index (χ3v) is 4.94. The van der Waals surface area contributed by atoms with E-state index < -0.39 is 11.9 Å². The topological polar surface area (TPSA) is 99.4 Å². The number of aromatic carboxylic acids is 1. The van der Waals surface area contributed by atoms with Gasteiger partial charge in [-0.1, -0.05) is 36.4 Å². The molecule has 0 aliphatic rings. The second kappa shape index (κ2) is 10.1. The number of ether oxygens (including phenoxy) is 1. The molecule has 32 heavy (non-hydrogen) atoms. The summed E-state index contributed by atoms with van der Waals surface area (Å²) in [5, 5.41) is 21.3. The molecule has 1 amide bonds. The van der Waals surface area contributed by atoms with E-state index in [0.29, 0.717) is 17.0 Å². The Morgan fingerprint density at radius 2 is 1.75 bits per heavy atom. The smallest absolute Gasteiger partial charge is 0.335 e. The Labute approximate surface area is 186 Å². The van der Waals surface area contributed by atoms with Crippen LogP contribution in [0.1, 0.15) is 32.6 Å². The number of aryl methyl sites for hydroxylation is 2. The zero-order chi connectivity index (χ0) is 23.1. The summed E-state index contributed by atoms with van der Waals surface area (Å²) in [5.74, 6) is -0.993. The molecule has 3 aromatic rings. The van der Waals surface area contributed by atoms with Gasteiger partial charge in [-0.05, 0) is 66.9 Å². The molecular weight excluding hydrogens is 404 g/mol. The number of anilines is 1. The summed E-state index contributed by atoms with van der Waals surface area (Å²) >= 11 is 0. The van der Waals surface area contributed by atoms with Gasteiger partial charge in [0.1, 0.15) is 24.0 Å². The zero-order valence-electron chi connectivity index (χ0n) is 17.8. The largest absolute Gasteiger partial charge is 0.488 e. The van der Waals surface area contributed by atoms with Crippen molar-refractivity contribution in [3.63, 3.8) is 0 Å². The first-order valence-electron chi connectivity index (χ1n) is 9.92. The molecule has 6 nitrogen and oxygen atoms in total. The molecule has 3 rings (SSSR count). The van der Waals surface area contributed by atoms with Crippen LogP contribution in [0.4, 0.5) is 5.69 Å². The number of carbonyl (C=O) groups is 2. The van der Waals surface area contributed by atoms with Gasteiger partial charge in [-0.25, -0.2) is 4.79 Å². The van der Waals surface area contributed by atoms with Gasteiger partial charge in [0, 0.05) is 11.3 Å². The summed E-state index contributed by atoms with van der Waals surface area (Å²) < 4.78 is 5.86. The molecule has 0 radical (unpaired) electrons. The van der Waals surface area contributed by atoms with Crippen molar-refractivity contribution in [1.82, 2.24) is 0 Å². The maximum atomic E-state index is 12.6. The van der Waals surface area contributed by atoms with Gasteiger partial charge in [-0.2, -0.15) is 5.26 Å². The Morgan fingerprint density at radius 3 is 2.41 bits per heavy atom. The average Bonchev–Trinajstić information content (AvgIpc) is 2.79. The highest BCUT2D eigenvalue weighted by atomic mass is 16.5. The van der Waals surface area contributed by atoms with Crippen molar-refractivity contribution in [1.29, 1.82) is 5.26 Å². The van der Waals surface area contributed by atoms with E-state index in [4.69, 9.17) is 9.84 Å². The molecule has 0 bridgehead atoms. The van der Waals surface area contributed by atoms with Crippen LogP contribution in [-0.2, 0) is 11.4 Å². The molecule has 0 fully saturated rings. The number of carboxylic acids is 1. The number of hydrogen-bond acceptors (Lipinski definition) is 4. The Hall–Kier alpha value is -4.37. The summed E-state index contributed by atoms with van der Waals surface area (Å²) in [4.78, 5) is 23.6. The molecule has 3 aromatic carbocycles. The number of para-hydroxylation sites is 1. The highest BCUT2D eigenvalue weighted by Gasteiger charge is 2.12. The number of nitriles is 1. The van der Waals surface area contributed by atoms with E-state index in [1.807, 2.05) is 32.0 Å². The molecule has 2 N–H and O–H groups in total. The number of nitrogens with one attached hydrogen (secondary N) is 1. The third-order valence-electron chi connectivity index (χ3n) is 4.94. The summed E-state index contributed by atoms with van der Waals surface area (Å²) in [7, 11) is 0. The third kappa shape index (κ3) is 5.61. The minimum Gasteiger partial charge on any atom is -0.488 e. The zero-order valence-corrected chi connectivity index (χ0v) is 17.8. The van der Waals surface area contributed by atoms with Gasteiger partial charge >= 0.3 is 5.97 Å². The van der Waals surface area contributed by atoms with E-state index >= 15 is 0 Å². The molecule has 0 aliphatic heterocycles. The second-order valence-corrected chi connectivity index (χ2v) is 7.25. The van der Waals surface area contributed by atoms with E-state index in [1.54, 1.807) is 42.5 Å². The van der Waals surface area contributed by atoms with E-state index in [9.17, 15) is 14.9 Å². The standard InChI is InChI=1S/C26H22N2O4/c1-17-7-12-23(13-18(17)2)28-25(29)22(15-27)14-21-5-3-4-6-24(21)32-16-19-8-10-20(11-9-19)26(30)31/h3-14H,16H2,1-2H3,(H,28,29)(H,30,31)/b22-14+. The number of nitrogens with zero attached hydrogens (tertiary/aromatic N) is 1. The number of hydrogen-bond donors (Lipinski definition) is 2. The fourth-order valence-corrected chi connectivity index (χ4v) is 2.96. The molecular formula is C26H22N2O4. The van der Waals surface area contributed by atoms with Crippen molar-refractivity contribution in [3.05, 3.63) is 100 Å². The maximum absolute atomic E-state index is 12.6. The predicted octanol–water partition coefficient (Wildman–Crippen LogP) is 5.13. The van der Waals surface area contributed by atoms with Crippen LogP contribution in [0.3, 0.4) is 0 Å². The van der Waals surface area contributed by atoms with Crippen LogP contribution in [0.25, 0.3) is 6.08 Å². The van der Waals surface area contributed by atoms with Crippen molar-refractivity contribution in [3.8, 4) is 11.8 Å². The molecule has 0 spiro atoms. The van der Waals surface area contributed by atoms with E-state index in [0.717, 1.165) is 16.7 Å². The number of carbonyl (C=O) groups excluding carboxylic acids is 1. The van der Waals surface area contributed by atoms with Crippen molar-refractivity contribution in [2.75, 3.05) is 5.32 Å². The van der Waals surface area contributed by atoms with E-state index in [-0.39, 0.29) is 17.7 Å². The summed E-state index contributed by atoms with van der Waals surface area (Å²) in [6, 6.07) is 21.0. The SMILES string of the molecule is Cc1ccc(NC(=O)/C(C#N)=C/c2ccccc2OCc2ccc(C(=O)O)cc2)cc1C. The molecule has 0 unspecified atom stereocenters. The monoisotopic (exact) mass is 426 g/mol. The summed E-state index contributed by atoms with van der Waals surface area (Å²) in [5.41, 5.74) is 4.30. The first-order chi connectivity index (χ1) is 15.4. The molecule has 0 heterocycles. The van der Waals surface area contributed by atoms with Crippen molar-refractivity contribution >= 4 is 23.6 Å². The van der Waals surface area contributed by atoms with Crippen LogP contribution in [0.15, 0.2) is 72.3 Å². The summed E-state index contributed by atoms with van der Waals surface area (Å²) in [6.45, 7) is 4.15. The molecule has 160 valence electrons. The van der Waals surface area contributed by atoms with Crippen molar-refractivity contribution < 1.29 is 19.4 Å². The quantitative estimate of drug-likeness (QED) is 0.403. The van der Waals surface area contributed by atoms with Crippen LogP contribution in [0.5, 0.6) is 5.75 Å². The van der Waals surface area contributed by atoms with Gasteiger partial charge < -0.3 is 15.2 Å². The minimum atomic E-state index is -0.990. The maximum Gasteiger partial charge on any atom is 0.335 e. The lowest BCUT2D eigenvalue weighted by Gasteiger charge is -2.10. The number of amides is 1. The molecule has 0 saturated carbocycles. The molecule has 0 saturated heterocycles. The van der Waals surface area contributed by atoms with Gasteiger partial charge in [-0.15, -0.1) is 0 Å². The highest BCUT2D eigenvalue weighted by molar-refractivity contribution is 6.09. The minimum absolute atomic E-state index is 0.0508. The fourth-order valence-electron chi connectivity index (χ4n) is 2.96. The predicted molar refractivity (Wildman–Crippen MR) is 122 cm³/mol. The molecule has 0 aliphatic carbocycles. The Kier molecular flexibility index (Phi) is 7.04. The van der Waals surface area contributed by atoms with Crippen LogP contribution < -0.4 is 10.1 Å². The first-order valence-corrected chi connectivity index (χ1v) is 9.92. The van der Waals surface area contributed by atoms with Crippen LogP contribution in [0, 0.1) is 25.2 Å². The van der Waals surface area contributed by atoms with Crippen LogP contribution in [-0.4, -0.2) is 17.0 Å². The number of benzene rings is 3. The molecule has 0 atom stereocenters. The van der Waals surface area contributed by atoms with Crippen molar-refractivity contribution in [2.45, 2.75) is 20.5 Å². The lowest BCUT2D eigenvalue weighted by molar-refractivity contribution is -0.112. The van der Waals surface area contributed by atoms with E-state index in [1.165, 1.54) is 18.2 Å². The van der Waals surface area contributed by atoms with Crippen molar-refractivity contribution in [2.24, 2.45) is 0 Å². The van der Waals surface area contributed by atoms with E-state index in [2.05, 4.69) is 5.32 Å². The second-order valence-electron chi connectivity index (χ2n) is 7.25. The number of carboxylic acid groups (broad SMARTS) is 1. The number of rotatable bonds is 7. The van der Waals surface area contributed by atoms with Gasteiger partial charge in [0.25, 0.3) is 5.91 Å². The van der Waals surface area contributed by atoms with Crippen LogP contribution in [0.2, 0.25) is 0 Å². The molecule has 0 aromatic heterocycles. The summed E-state index contributed by atoms with van der Waals surface area (Å²) in [6.07, 6.45) is 1.49. The Morgan fingerprint density at radius 1 is 1.03 bits per heavy atom. The van der Waals surface area contributed by atoms with Gasteiger partial charge in [0.2, 0.25) is 0 Å². The first kappa shape index (κ1) is 22.3. The molecule has 6 heteroatoms. The van der Waals surface area contributed by atoms with Gasteiger partial charge in [-0.3, -0.25) is 4.79 Å². The van der Waals surface area contributed by atoms with Gasteiger partial charge in [0.05, 0.1) is 5.56 Å². The normalized spacial score (nSPS) is 10.8. The Bertz CT molecular complexity index is 1220. The highest BCUT2D eigenvalue weighted by Crippen LogP contribution is 2.23. The lowest BCUT2D eigenvalue weighted by atomic mass is 10.1. The van der Waals surface area contributed by atoms with Crippen LogP contribution >= 0.6 is 0 Å². The Balaban J connectivity index is 1.76. The fraction of sp³-hybridized carbons (Fsp3) is 0.115. The van der Waals surface area contributed by atoms with Gasteiger partial charge in [0.15, 0.2) is 0 Å².